The first-order chi connectivity index (χ1) is 9.85. The summed E-state index contributed by atoms with van der Waals surface area (Å²) >= 11 is 0. The van der Waals surface area contributed by atoms with Gasteiger partial charge in [0.2, 0.25) is 10.0 Å². The second-order valence-corrected chi connectivity index (χ2v) is 6.33. The molecular formula is C13H21N3O4S. The minimum absolute atomic E-state index is 0.0678. The van der Waals surface area contributed by atoms with Crippen LogP contribution in [0.2, 0.25) is 0 Å². The van der Waals surface area contributed by atoms with Crippen LogP contribution in [0.25, 0.3) is 0 Å². The van der Waals surface area contributed by atoms with Gasteiger partial charge in [0.05, 0.1) is 7.11 Å². The molecule has 0 aliphatic rings. The molecule has 21 heavy (non-hydrogen) atoms. The van der Waals surface area contributed by atoms with Crippen molar-refractivity contribution in [1.82, 2.24) is 15.4 Å². The van der Waals surface area contributed by atoms with Gasteiger partial charge in [0, 0.05) is 18.2 Å². The molecule has 1 amide bonds. The Morgan fingerprint density at radius 1 is 1.33 bits per heavy atom. The highest BCUT2D eigenvalue weighted by molar-refractivity contribution is 7.89. The molecule has 1 unspecified atom stereocenters. The monoisotopic (exact) mass is 315 g/mol. The summed E-state index contributed by atoms with van der Waals surface area (Å²) in [7, 11) is 0.768. The summed E-state index contributed by atoms with van der Waals surface area (Å²) in [5, 5.41) is 5.72. The SMILES string of the molecule is CNC(C)CNC(=O)c1ccc(OC)c(S(=O)(=O)NC)c1. The number of benzene rings is 1. The van der Waals surface area contributed by atoms with E-state index in [-0.39, 0.29) is 28.2 Å². The van der Waals surface area contributed by atoms with Crippen molar-refractivity contribution in [2.24, 2.45) is 0 Å². The van der Waals surface area contributed by atoms with Crippen molar-refractivity contribution >= 4 is 15.9 Å². The van der Waals surface area contributed by atoms with Gasteiger partial charge in [-0.05, 0) is 39.2 Å². The Hall–Kier alpha value is -1.64. The van der Waals surface area contributed by atoms with E-state index in [2.05, 4.69) is 15.4 Å². The van der Waals surface area contributed by atoms with Crippen molar-refractivity contribution in [3.63, 3.8) is 0 Å². The number of nitrogens with one attached hydrogen (secondary N) is 3. The molecule has 0 saturated carbocycles. The maximum absolute atomic E-state index is 12.0. The number of methoxy groups -OCH3 is 1. The molecule has 7 nitrogen and oxygen atoms in total. The van der Waals surface area contributed by atoms with Gasteiger partial charge in [-0.1, -0.05) is 0 Å². The number of rotatable bonds is 7. The van der Waals surface area contributed by atoms with Crippen molar-refractivity contribution < 1.29 is 17.9 Å². The van der Waals surface area contributed by atoms with Crippen LogP contribution in [-0.4, -0.2) is 48.1 Å². The molecule has 1 atom stereocenters. The van der Waals surface area contributed by atoms with E-state index < -0.39 is 10.0 Å². The van der Waals surface area contributed by atoms with Crippen molar-refractivity contribution in [2.75, 3.05) is 27.7 Å². The lowest BCUT2D eigenvalue weighted by molar-refractivity contribution is 0.0950. The van der Waals surface area contributed by atoms with E-state index >= 15 is 0 Å². The second-order valence-electron chi connectivity index (χ2n) is 4.47. The Balaban J connectivity index is 3.06. The highest BCUT2D eigenvalue weighted by atomic mass is 32.2. The maximum atomic E-state index is 12.0. The van der Waals surface area contributed by atoms with Crippen LogP contribution in [0.5, 0.6) is 5.75 Å². The lowest BCUT2D eigenvalue weighted by Crippen LogP contribution is -2.37. The molecule has 0 aromatic heterocycles. The Bertz CT molecular complexity index is 601. The first kappa shape index (κ1) is 17.4. The van der Waals surface area contributed by atoms with Crippen molar-refractivity contribution in [2.45, 2.75) is 17.9 Å². The Kier molecular flexibility index (Phi) is 6.13. The number of sulfonamides is 1. The average Bonchev–Trinajstić information content (AvgIpc) is 2.51. The molecule has 0 bridgehead atoms. The molecule has 1 rings (SSSR count). The van der Waals surface area contributed by atoms with Crippen LogP contribution in [0, 0.1) is 0 Å². The molecule has 1 aromatic rings. The third kappa shape index (κ3) is 4.42. The lowest BCUT2D eigenvalue weighted by atomic mass is 10.2. The summed E-state index contributed by atoms with van der Waals surface area (Å²) < 4.78 is 31.1. The number of hydrogen-bond acceptors (Lipinski definition) is 5. The third-order valence-electron chi connectivity index (χ3n) is 3.05. The molecule has 1 aromatic carbocycles. The van der Waals surface area contributed by atoms with Crippen LogP contribution in [-0.2, 0) is 10.0 Å². The molecule has 0 fully saturated rings. The van der Waals surface area contributed by atoms with Crippen LogP contribution in [0.15, 0.2) is 23.1 Å². The molecule has 8 heteroatoms. The molecule has 0 spiro atoms. The average molecular weight is 315 g/mol. The number of carbonyl (C=O) groups excluding carboxylic acids is 1. The van der Waals surface area contributed by atoms with E-state index in [9.17, 15) is 13.2 Å². The largest absolute Gasteiger partial charge is 0.495 e. The van der Waals surface area contributed by atoms with Crippen molar-refractivity contribution in [3.8, 4) is 5.75 Å². The number of likely N-dealkylation sites (N-methyl/N-ethyl adjacent to an activating group) is 1. The van der Waals surface area contributed by atoms with Crippen LogP contribution in [0.4, 0.5) is 0 Å². The number of amides is 1. The van der Waals surface area contributed by atoms with Gasteiger partial charge in [-0.2, -0.15) is 0 Å². The van der Waals surface area contributed by atoms with Gasteiger partial charge >= 0.3 is 0 Å². The van der Waals surface area contributed by atoms with Crippen molar-refractivity contribution in [1.29, 1.82) is 0 Å². The van der Waals surface area contributed by atoms with Gasteiger partial charge in [-0.15, -0.1) is 0 Å². The lowest BCUT2D eigenvalue weighted by Gasteiger charge is -2.13. The standard InChI is InChI=1S/C13H21N3O4S/c1-9(14-2)8-16-13(17)10-5-6-11(20-4)12(7-10)21(18,19)15-3/h5-7,9,14-15H,8H2,1-4H3,(H,16,17). The summed E-state index contributed by atoms with van der Waals surface area (Å²) in [5.74, 6) is -0.156. The van der Waals surface area contributed by atoms with Crippen LogP contribution >= 0.6 is 0 Å². The zero-order valence-electron chi connectivity index (χ0n) is 12.6. The minimum atomic E-state index is -3.70. The van der Waals surface area contributed by atoms with Crippen LogP contribution < -0.4 is 20.1 Å². The smallest absolute Gasteiger partial charge is 0.251 e. The summed E-state index contributed by atoms with van der Waals surface area (Å²) in [4.78, 5) is 12.0. The fourth-order valence-electron chi connectivity index (χ4n) is 1.59. The zero-order chi connectivity index (χ0) is 16.0. The Labute approximate surface area is 125 Å². The number of carbonyl (C=O) groups is 1. The van der Waals surface area contributed by atoms with E-state index in [1.54, 1.807) is 7.05 Å². The first-order valence-electron chi connectivity index (χ1n) is 6.42. The Morgan fingerprint density at radius 3 is 2.52 bits per heavy atom. The van der Waals surface area contributed by atoms with Gasteiger partial charge in [0.25, 0.3) is 5.91 Å². The number of ether oxygens (including phenoxy) is 1. The Morgan fingerprint density at radius 2 is 2.00 bits per heavy atom. The molecule has 0 aliphatic carbocycles. The van der Waals surface area contributed by atoms with Crippen molar-refractivity contribution in [3.05, 3.63) is 23.8 Å². The van der Waals surface area contributed by atoms with Gasteiger partial charge in [0.15, 0.2) is 0 Å². The minimum Gasteiger partial charge on any atom is -0.495 e. The molecule has 0 heterocycles. The van der Waals surface area contributed by atoms with Gasteiger partial charge in [0.1, 0.15) is 10.6 Å². The molecule has 3 N–H and O–H groups in total. The quantitative estimate of drug-likeness (QED) is 0.655. The molecule has 118 valence electrons. The van der Waals surface area contributed by atoms with E-state index in [0.717, 1.165) is 0 Å². The number of hydrogen-bond donors (Lipinski definition) is 3. The van der Waals surface area contributed by atoms with Gasteiger partial charge in [-0.25, -0.2) is 13.1 Å². The maximum Gasteiger partial charge on any atom is 0.251 e. The van der Waals surface area contributed by atoms with E-state index in [4.69, 9.17) is 4.74 Å². The summed E-state index contributed by atoms with van der Waals surface area (Å²) in [6, 6.07) is 4.39. The summed E-state index contributed by atoms with van der Waals surface area (Å²) in [6.07, 6.45) is 0. The fourth-order valence-corrected chi connectivity index (χ4v) is 2.51. The van der Waals surface area contributed by atoms with Gasteiger partial charge < -0.3 is 15.4 Å². The molecule has 0 radical (unpaired) electrons. The van der Waals surface area contributed by atoms with Gasteiger partial charge in [-0.3, -0.25) is 4.79 Å². The fraction of sp³-hybridized carbons (Fsp3) is 0.462. The third-order valence-corrected chi connectivity index (χ3v) is 4.48. The zero-order valence-corrected chi connectivity index (χ0v) is 13.4. The molecular weight excluding hydrogens is 294 g/mol. The summed E-state index contributed by atoms with van der Waals surface area (Å²) in [5.41, 5.74) is 0.257. The van der Waals surface area contributed by atoms with E-state index in [1.807, 2.05) is 6.92 Å². The van der Waals surface area contributed by atoms with E-state index in [0.29, 0.717) is 6.54 Å². The second kappa shape index (κ2) is 7.39. The normalized spacial score (nSPS) is 12.8. The summed E-state index contributed by atoms with van der Waals surface area (Å²) in [6.45, 7) is 2.36. The van der Waals surface area contributed by atoms with Crippen LogP contribution in [0.1, 0.15) is 17.3 Å². The van der Waals surface area contributed by atoms with E-state index in [1.165, 1.54) is 32.4 Å². The first-order valence-corrected chi connectivity index (χ1v) is 7.91. The predicted octanol–water partition coefficient (Wildman–Crippen LogP) is -0.0590. The molecule has 0 saturated heterocycles. The highest BCUT2D eigenvalue weighted by Crippen LogP contribution is 2.24. The highest BCUT2D eigenvalue weighted by Gasteiger charge is 2.20. The molecule has 0 aliphatic heterocycles. The topological polar surface area (TPSA) is 96.5 Å². The predicted molar refractivity (Wildman–Crippen MR) is 80.1 cm³/mol. The van der Waals surface area contributed by atoms with Crippen LogP contribution in [0.3, 0.4) is 0 Å².